The first-order valence-corrected chi connectivity index (χ1v) is 17.8. The summed E-state index contributed by atoms with van der Waals surface area (Å²) in [5, 5.41) is 7.66. The molecule has 0 bridgehead atoms. The Morgan fingerprint density at radius 1 is 0.769 bits per heavy atom. The number of carbonyl (C=O) groups is 7. The number of nitrogens with two attached hydrogens (primary N) is 1. The second-order valence-corrected chi connectivity index (χ2v) is 12.3. The molecule has 1 rings (SSSR count). The highest BCUT2D eigenvalue weighted by Crippen LogP contribution is 2.10. The van der Waals surface area contributed by atoms with E-state index in [9.17, 15) is 33.6 Å². The minimum atomic E-state index is -1.38. The number of hydrogen-bond acceptors (Lipinski definition) is 12. The van der Waals surface area contributed by atoms with Crippen molar-refractivity contribution in [1.82, 2.24) is 16.0 Å². The lowest BCUT2D eigenvalue weighted by Crippen LogP contribution is -2.50. The third-order valence-corrected chi connectivity index (χ3v) is 7.59. The fraction of sp³-hybridized carbons (Fsp3) is 0.595. The first kappa shape index (κ1) is 45.2. The molecule has 0 aromatic heterocycles. The van der Waals surface area contributed by atoms with Crippen molar-refractivity contribution in [2.24, 2.45) is 5.73 Å². The molecule has 290 valence electrons. The molecular formula is C37H56N4O11. The molecule has 0 heterocycles. The highest BCUT2D eigenvalue weighted by atomic mass is 16.6. The average molecular weight is 733 g/mol. The van der Waals surface area contributed by atoms with Crippen LogP contribution in [0.2, 0.25) is 0 Å². The Bertz CT molecular complexity index is 1320. The normalized spacial score (nSPS) is 13.8. The van der Waals surface area contributed by atoms with Gasteiger partial charge >= 0.3 is 23.9 Å². The van der Waals surface area contributed by atoms with Crippen molar-refractivity contribution in [2.45, 2.75) is 129 Å². The van der Waals surface area contributed by atoms with Crippen molar-refractivity contribution in [1.29, 1.82) is 0 Å². The fourth-order valence-corrected chi connectivity index (χ4v) is 4.51. The monoisotopic (exact) mass is 732 g/mol. The zero-order chi connectivity index (χ0) is 38.9. The first-order chi connectivity index (χ1) is 24.8. The van der Waals surface area contributed by atoms with Gasteiger partial charge in [-0.2, -0.15) is 0 Å². The number of ether oxygens (including phenoxy) is 4. The molecule has 0 unspecified atom stereocenters. The van der Waals surface area contributed by atoms with Crippen LogP contribution in [0, 0.1) is 0 Å². The zero-order valence-corrected chi connectivity index (χ0v) is 31.0. The zero-order valence-electron chi connectivity index (χ0n) is 31.0. The van der Waals surface area contributed by atoms with Gasteiger partial charge in [0.15, 0.2) is 0 Å². The van der Waals surface area contributed by atoms with Crippen molar-refractivity contribution >= 4 is 41.6 Å². The van der Waals surface area contributed by atoms with Gasteiger partial charge in [-0.1, -0.05) is 82.0 Å². The van der Waals surface area contributed by atoms with Crippen LogP contribution in [0.15, 0.2) is 42.5 Å². The third-order valence-electron chi connectivity index (χ3n) is 7.59. The number of benzene rings is 1. The highest BCUT2D eigenvalue weighted by Gasteiger charge is 2.28. The van der Waals surface area contributed by atoms with E-state index < -0.39 is 66.0 Å². The van der Waals surface area contributed by atoms with Gasteiger partial charge in [0.25, 0.3) is 0 Å². The van der Waals surface area contributed by atoms with Gasteiger partial charge in [-0.05, 0) is 38.7 Å². The number of carbonyl (C=O) groups excluding carboxylic acids is 7. The van der Waals surface area contributed by atoms with Gasteiger partial charge < -0.3 is 40.6 Å². The van der Waals surface area contributed by atoms with Crippen LogP contribution in [-0.2, 0) is 59.1 Å². The number of unbranched alkanes of at least 4 members (excludes halogenated alkanes) is 4. The molecule has 1 aromatic carbocycles. The van der Waals surface area contributed by atoms with Crippen LogP contribution in [-0.4, -0.2) is 85.6 Å². The Labute approximate surface area is 306 Å². The number of hydrogen-bond donors (Lipinski definition) is 4. The molecule has 0 aliphatic carbocycles. The number of amides is 3. The largest absolute Gasteiger partial charge is 0.467 e. The van der Waals surface area contributed by atoms with Crippen LogP contribution in [0.5, 0.6) is 0 Å². The van der Waals surface area contributed by atoms with Crippen LogP contribution in [0.25, 0.3) is 0 Å². The number of esters is 4. The molecule has 0 aliphatic heterocycles. The summed E-state index contributed by atoms with van der Waals surface area (Å²) in [6.07, 6.45) is 5.57. The molecule has 0 spiro atoms. The van der Waals surface area contributed by atoms with Gasteiger partial charge in [0.1, 0.15) is 30.8 Å². The quantitative estimate of drug-likeness (QED) is 0.0494. The lowest BCUT2D eigenvalue weighted by molar-refractivity contribution is -0.168. The molecule has 0 saturated carbocycles. The highest BCUT2D eigenvalue weighted by molar-refractivity contribution is 5.92. The molecular weight excluding hydrogens is 676 g/mol. The Kier molecular flexibility index (Phi) is 22.7. The third kappa shape index (κ3) is 19.0. The molecule has 3 amide bonds. The van der Waals surface area contributed by atoms with Gasteiger partial charge in [0.2, 0.25) is 23.8 Å². The molecule has 15 heteroatoms. The van der Waals surface area contributed by atoms with Crippen LogP contribution in [0.1, 0.15) is 97.5 Å². The van der Waals surface area contributed by atoms with E-state index >= 15 is 0 Å². The molecule has 15 nitrogen and oxygen atoms in total. The standard InChI is InChI=1S/C37H56N4O11/c1-6-8-10-14-20-31(42)41-29(36(47)51-24-27-16-12-11-13-17-27)21-22-32(43)40-28(33(44)39-26(4)35(46)49-5)18-15-19-30(52-34(45)25(3)38)37(48)50-23-9-7-2/h11-13,15-18,25-26,28-30H,6-10,14,19-24,38H2,1-5H3,(H,39,44)(H,40,43)(H,41,42)/t25-,26+,28-,29+,30-/m0/s1. The lowest BCUT2D eigenvalue weighted by atomic mass is 10.1. The number of methoxy groups -OCH3 is 1. The summed E-state index contributed by atoms with van der Waals surface area (Å²) in [5.74, 6) is -4.94. The molecule has 0 aliphatic rings. The van der Waals surface area contributed by atoms with Crippen LogP contribution in [0.4, 0.5) is 0 Å². The molecule has 52 heavy (non-hydrogen) atoms. The Morgan fingerprint density at radius 2 is 1.44 bits per heavy atom. The first-order valence-electron chi connectivity index (χ1n) is 17.8. The average Bonchev–Trinajstić information content (AvgIpc) is 3.12. The Hall–Kier alpha value is -4.79. The molecule has 5 N–H and O–H groups in total. The summed E-state index contributed by atoms with van der Waals surface area (Å²) >= 11 is 0. The van der Waals surface area contributed by atoms with E-state index in [0.29, 0.717) is 12.8 Å². The summed E-state index contributed by atoms with van der Waals surface area (Å²) in [5.41, 5.74) is 6.34. The smallest absolute Gasteiger partial charge is 0.347 e. The van der Waals surface area contributed by atoms with Gasteiger partial charge in [0.05, 0.1) is 13.7 Å². The maximum Gasteiger partial charge on any atom is 0.347 e. The summed E-state index contributed by atoms with van der Waals surface area (Å²) < 4.78 is 20.5. The van der Waals surface area contributed by atoms with Crippen molar-refractivity contribution in [3.8, 4) is 0 Å². The molecule has 1 aromatic rings. The summed E-state index contributed by atoms with van der Waals surface area (Å²) in [7, 11) is 1.15. The maximum atomic E-state index is 13.2. The maximum absolute atomic E-state index is 13.2. The lowest BCUT2D eigenvalue weighted by Gasteiger charge is -2.20. The van der Waals surface area contributed by atoms with Gasteiger partial charge in [0, 0.05) is 19.3 Å². The van der Waals surface area contributed by atoms with Crippen LogP contribution in [0.3, 0.4) is 0 Å². The van der Waals surface area contributed by atoms with E-state index in [1.54, 1.807) is 24.3 Å². The fourth-order valence-electron chi connectivity index (χ4n) is 4.51. The number of nitrogens with one attached hydrogen (secondary N) is 3. The van der Waals surface area contributed by atoms with E-state index in [1.165, 1.54) is 26.0 Å². The minimum Gasteiger partial charge on any atom is -0.467 e. The summed E-state index contributed by atoms with van der Waals surface area (Å²) in [6.45, 7) is 6.82. The Morgan fingerprint density at radius 3 is 2.08 bits per heavy atom. The second kappa shape index (κ2) is 26.1. The predicted molar refractivity (Wildman–Crippen MR) is 191 cm³/mol. The summed E-state index contributed by atoms with van der Waals surface area (Å²) in [4.78, 5) is 89.0. The van der Waals surface area contributed by atoms with Crippen LogP contribution < -0.4 is 21.7 Å². The minimum absolute atomic E-state index is 0.0349. The van der Waals surface area contributed by atoms with E-state index in [-0.39, 0.29) is 44.8 Å². The van der Waals surface area contributed by atoms with Crippen LogP contribution >= 0.6 is 0 Å². The SMILES string of the molecule is CCCCCCC(=O)N[C@H](CCC(=O)N[C@@H](C=CC[C@H](OC(=O)[C@H](C)N)C(=O)OCCCC)C(=O)N[C@H](C)C(=O)OC)C(=O)OCc1ccccc1. The molecule has 5 atom stereocenters. The molecule has 0 radical (unpaired) electrons. The molecule has 0 fully saturated rings. The Balaban J connectivity index is 3.13. The van der Waals surface area contributed by atoms with E-state index in [4.69, 9.17) is 19.9 Å². The second-order valence-electron chi connectivity index (χ2n) is 12.3. The molecule has 0 saturated heterocycles. The van der Waals surface area contributed by atoms with Crippen molar-refractivity contribution in [3.63, 3.8) is 0 Å². The summed E-state index contributed by atoms with van der Waals surface area (Å²) in [6, 6.07) is 4.36. The van der Waals surface area contributed by atoms with Gasteiger partial charge in [-0.25, -0.2) is 14.4 Å². The van der Waals surface area contributed by atoms with E-state index in [2.05, 4.69) is 27.6 Å². The van der Waals surface area contributed by atoms with Crippen molar-refractivity contribution < 1.29 is 52.5 Å². The van der Waals surface area contributed by atoms with Crippen molar-refractivity contribution in [3.05, 3.63) is 48.0 Å². The van der Waals surface area contributed by atoms with Crippen molar-refractivity contribution in [2.75, 3.05) is 13.7 Å². The topological polar surface area (TPSA) is 219 Å². The van der Waals surface area contributed by atoms with Gasteiger partial charge in [-0.3, -0.25) is 19.2 Å². The van der Waals surface area contributed by atoms with E-state index in [1.807, 2.05) is 13.0 Å². The number of rotatable bonds is 25. The van der Waals surface area contributed by atoms with E-state index in [0.717, 1.165) is 38.4 Å². The van der Waals surface area contributed by atoms with Gasteiger partial charge in [-0.15, -0.1) is 0 Å². The predicted octanol–water partition coefficient (Wildman–Crippen LogP) is 2.68.